The maximum atomic E-state index is 12.6. The number of rotatable bonds is 6. The molecule has 126 valence electrons. The van der Waals surface area contributed by atoms with Crippen LogP contribution in [-0.2, 0) is 15.1 Å². The number of ether oxygens (including phenoxy) is 1. The zero-order valence-electron chi connectivity index (χ0n) is 13.2. The van der Waals surface area contributed by atoms with E-state index in [1.807, 2.05) is 23.1 Å². The lowest BCUT2D eigenvalue weighted by Crippen LogP contribution is -2.67. The fraction of sp³-hybridized carbons (Fsp3) is 0.611. The average molecular weight is 323 g/mol. The van der Waals surface area contributed by atoms with Crippen LogP contribution in [0.5, 0.6) is 0 Å². The van der Waals surface area contributed by atoms with Gasteiger partial charge in [0.2, 0.25) is 5.91 Å². The van der Waals surface area contributed by atoms with Gasteiger partial charge in [0.15, 0.2) is 0 Å². The molecule has 1 aliphatic heterocycles. The Kier molecular flexibility index (Phi) is 4.95. The highest BCUT2D eigenvalue weighted by Crippen LogP contribution is 2.53. The van der Waals surface area contributed by atoms with E-state index >= 15 is 0 Å². The first kappa shape index (κ1) is 16.4. The second kappa shape index (κ2) is 6.95. The van der Waals surface area contributed by atoms with E-state index in [9.17, 15) is 13.6 Å². The number of benzene rings is 1. The first-order valence-corrected chi connectivity index (χ1v) is 8.36. The zero-order valence-corrected chi connectivity index (χ0v) is 13.2. The summed E-state index contributed by atoms with van der Waals surface area (Å²) in [5.41, 5.74) is 1.03. The molecular weight excluding hydrogens is 300 g/mol. The van der Waals surface area contributed by atoms with Gasteiger partial charge >= 0.3 is 0 Å². The Morgan fingerprint density at radius 1 is 1.30 bits per heavy atom. The first-order valence-electron chi connectivity index (χ1n) is 8.36. The Labute approximate surface area is 135 Å². The van der Waals surface area contributed by atoms with Crippen molar-refractivity contribution in [1.82, 2.24) is 4.90 Å². The Bertz CT molecular complexity index is 537. The quantitative estimate of drug-likeness (QED) is 0.749. The molecule has 1 aliphatic carbocycles. The van der Waals surface area contributed by atoms with Crippen molar-refractivity contribution in [1.29, 1.82) is 0 Å². The van der Waals surface area contributed by atoms with Gasteiger partial charge < -0.3 is 9.64 Å². The number of amides is 1. The fourth-order valence-electron chi connectivity index (χ4n) is 4.15. The molecule has 0 aromatic heterocycles. The molecule has 2 aliphatic rings. The van der Waals surface area contributed by atoms with Crippen LogP contribution in [-0.4, -0.2) is 37.0 Å². The van der Waals surface area contributed by atoms with Gasteiger partial charge in [-0.2, -0.15) is 0 Å². The van der Waals surface area contributed by atoms with Crippen molar-refractivity contribution < 1.29 is 18.3 Å². The summed E-state index contributed by atoms with van der Waals surface area (Å²) in [5, 5.41) is 0. The number of hydrogen-bond donors (Lipinski definition) is 0. The molecule has 1 saturated carbocycles. The molecule has 0 unspecified atom stereocenters. The molecule has 1 amide bonds. The molecule has 3 nitrogen and oxygen atoms in total. The molecule has 1 aromatic carbocycles. The molecule has 0 spiro atoms. The van der Waals surface area contributed by atoms with Gasteiger partial charge in [-0.25, -0.2) is 8.78 Å². The minimum absolute atomic E-state index is 0.0151. The molecule has 5 heteroatoms. The summed E-state index contributed by atoms with van der Waals surface area (Å²) < 4.78 is 29.0. The number of hydrogen-bond acceptors (Lipinski definition) is 2. The monoisotopic (exact) mass is 323 g/mol. The molecule has 2 atom stereocenters. The lowest BCUT2D eigenvalue weighted by molar-refractivity contribution is -0.168. The molecule has 2 fully saturated rings. The lowest BCUT2D eigenvalue weighted by atomic mass is 9.61. The predicted molar refractivity (Wildman–Crippen MR) is 83.2 cm³/mol. The van der Waals surface area contributed by atoms with Crippen molar-refractivity contribution in [3.05, 3.63) is 35.9 Å². The Hall–Kier alpha value is -1.49. The van der Waals surface area contributed by atoms with Gasteiger partial charge in [0, 0.05) is 12.5 Å². The van der Waals surface area contributed by atoms with Crippen LogP contribution < -0.4 is 0 Å². The van der Waals surface area contributed by atoms with E-state index in [1.165, 1.54) is 12.0 Å². The third-order valence-electron chi connectivity index (χ3n) is 5.20. The maximum Gasteiger partial charge on any atom is 0.261 e. The van der Waals surface area contributed by atoms with Gasteiger partial charge in [-0.1, -0.05) is 43.2 Å². The van der Waals surface area contributed by atoms with Crippen LogP contribution in [0.25, 0.3) is 0 Å². The normalized spacial score (nSPS) is 26.7. The largest absolute Gasteiger partial charge is 0.375 e. The van der Waals surface area contributed by atoms with Crippen molar-refractivity contribution in [3.8, 4) is 0 Å². The van der Waals surface area contributed by atoms with Crippen LogP contribution in [0.4, 0.5) is 8.78 Å². The first-order chi connectivity index (χ1) is 11.1. The van der Waals surface area contributed by atoms with E-state index in [1.54, 1.807) is 0 Å². The van der Waals surface area contributed by atoms with E-state index in [0.29, 0.717) is 5.92 Å². The number of alkyl halides is 2. The minimum atomic E-state index is -2.48. The van der Waals surface area contributed by atoms with E-state index in [-0.39, 0.29) is 24.5 Å². The van der Waals surface area contributed by atoms with Gasteiger partial charge in [0.1, 0.15) is 6.61 Å². The Morgan fingerprint density at radius 3 is 2.78 bits per heavy atom. The smallest absolute Gasteiger partial charge is 0.261 e. The van der Waals surface area contributed by atoms with Crippen LogP contribution in [0.3, 0.4) is 0 Å². The second-order valence-corrected chi connectivity index (χ2v) is 6.45. The fourth-order valence-corrected chi connectivity index (χ4v) is 4.15. The maximum absolute atomic E-state index is 12.6. The zero-order chi connectivity index (χ0) is 16.3. The lowest BCUT2D eigenvalue weighted by Gasteiger charge is -2.61. The van der Waals surface area contributed by atoms with Crippen molar-refractivity contribution >= 4 is 5.91 Å². The second-order valence-electron chi connectivity index (χ2n) is 6.45. The summed E-state index contributed by atoms with van der Waals surface area (Å²) >= 11 is 0. The van der Waals surface area contributed by atoms with Gasteiger partial charge in [-0.05, 0) is 18.4 Å². The van der Waals surface area contributed by atoms with Crippen molar-refractivity contribution in [2.45, 2.75) is 44.1 Å². The number of halogens is 2. The SMILES string of the molecule is O=C(CCOCC(F)F)N1C[C@H]2CCCC[C@@]21c1ccccc1. The topological polar surface area (TPSA) is 29.5 Å². The van der Waals surface area contributed by atoms with E-state index < -0.39 is 13.0 Å². The Morgan fingerprint density at radius 2 is 2.09 bits per heavy atom. The molecular formula is C18H23F2NO2. The third-order valence-corrected chi connectivity index (χ3v) is 5.20. The van der Waals surface area contributed by atoms with Crippen LogP contribution >= 0.6 is 0 Å². The number of nitrogens with zero attached hydrogens (tertiary/aromatic N) is 1. The van der Waals surface area contributed by atoms with Crippen LogP contribution in [0.15, 0.2) is 30.3 Å². The number of fused-ring (bicyclic) bond motifs is 1. The highest BCUT2D eigenvalue weighted by Gasteiger charge is 2.56. The summed E-state index contributed by atoms with van der Waals surface area (Å²) in [6.07, 6.45) is 2.18. The molecule has 0 bridgehead atoms. The highest BCUT2D eigenvalue weighted by molar-refractivity contribution is 5.78. The standard InChI is InChI=1S/C18H23F2NO2/c19-16(20)13-23-11-9-17(22)21-12-15-8-4-5-10-18(15,21)14-6-2-1-3-7-14/h1-3,6-7,15-16H,4-5,8-13H2/t15-,18-/m1/s1. The summed E-state index contributed by atoms with van der Waals surface area (Å²) in [7, 11) is 0. The molecule has 3 rings (SSSR count). The predicted octanol–water partition coefficient (Wildman–Crippen LogP) is 3.59. The van der Waals surface area contributed by atoms with Crippen molar-refractivity contribution in [3.63, 3.8) is 0 Å². The van der Waals surface area contributed by atoms with Crippen LogP contribution in [0.2, 0.25) is 0 Å². The summed E-state index contributed by atoms with van der Waals surface area (Å²) in [4.78, 5) is 14.5. The van der Waals surface area contributed by atoms with Gasteiger partial charge in [0.25, 0.3) is 6.43 Å². The van der Waals surface area contributed by atoms with Gasteiger partial charge in [-0.3, -0.25) is 4.79 Å². The van der Waals surface area contributed by atoms with E-state index in [0.717, 1.165) is 25.8 Å². The number of carbonyl (C=O) groups excluding carboxylic acids is 1. The van der Waals surface area contributed by atoms with Gasteiger partial charge in [0.05, 0.1) is 18.6 Å². The van der Waals surface area contributed by atoms with E-state index in [4.69, 9.17) is 4.74 Å². The van der Waals surface area contributed by atoms with Crippen molar-refractivity contribution in [2.75, 3.05) is 19.8 Å². The molecule has 0 radical (unpaired) electrons. The average Bonchev–Trinajstić information content (AvgIpc) is 2.53. The van der Waals surface area contributed by atoms with Crippen molar-refractivity contribution in [2.24, 2.45) is 5.92 Å². The molecule has 23 heavy (non-hydrogen) atoms. The third kappa shape index (κ3) is 3.11. The van der Waals surface area contributed by atoms with E-state index in [2.05, 4.69) is 12.1 Å². The molecule has 0 N–H and O–H groups in total. The summed E-state index contributed by atoms with van der Waals surface area (Å²) in [6, 6.07) is 10.2. The summed E-state index contributed by atoms with van der Waals surface area (Å²) in [5.74, 6) is 0.533. The minimum Gasteiger partial charge on any atom is -0.375 e. The molecule has 1 heterocycles. The number of likely N-dealkylation sites (tertiary alicyclic amines) is 1. The van der Waals surface area contributed by atoms with Crippen LogP contribution in [0.1, 0.15) is 37.7 Å². The molecule has 1 saturated heterocycles. The highest BCUT2D eigenvalue weighted by atomic mass is 19.3. The Balaban J connectivity index is 1.68. The summed E-state index contributed by atoms with van der Waals surface area (Å²) in [6.45, 7) is 0.248. The number of carbonyl (C=O) groups is 1. The van der Waals surface area contributed by atoms with Crippen LogP contribution in [0, 0.1) is 5.92 Å². The van der Waals surface area contributed by atoms with Gasteiger partial charge in [-0.15, -0.1) is 0 Å². The molecule has 1 aromatic rings.